The molecule has 2 fully saturated rings. The van der Waals surface area contributed by atoms with Crippen molar-refractivity contribution in [1.29, 1.82) is 0 Å². The first-order valence-electron chi connectivity index (χ1n) is 13.1. The van der Waals surface area contributed by atoms with E-state index in [2.05, 4.69) is 4.90 Å². The number of halogens is 8. The number of Topliss-reactive ketones (excluding diaryl/α,β-unsaturated/α-hetero) is 1. The number of rotatable bonds is 7. The second-order valence-corrected chi connectivity index (χ2v) is 11.1. The standard InChI is InChI=1S/C28H30Cl2F6N2O/c29-23-8-7-19(16-24(23)30)26(38-12-10-37(11-13-38)22-4-2-1-3-5-22)25(39)9-6-18-14-20(27(31,32)33)17-21(15-18)28(34,35)36/h7-8,14-17,22,26H,1-6,9-13H2. The molecule has 1 saturated heterocycles. The summed E-state index contributed by atoms with van der Waals surface area (Å²) in [4.78, 5) is 18.1. The fourth-order valence-corrected chi connectivity index (χ4v) is 5.96. The zero-order chi connectivity index (χ0) is 28.4. The Morgan fingerprint density at radius 3 is 1.95 bits per heavy atom. The Hall–Kier alpha value is -1.81. The van der Waals surface area contributed by atoms with Crippen LogP contribution in [-0.2, 0) is 23.6 Å². The molecule has 2 aliphatic rings. The van der Waals surface area contributed by atoms with Crippen LogP contribution in [0, 0.1) is 0 Å². The van der Waals surface area contributed by atoms with Gasteiger partial charge in [-0.3, -0.25) is 14.6 Å². The van der Waals surface area contributed by atoms with E-state index in [-0.39, 0.29) is 35.3 Å². The summed E-state index contributed by atoms with van der Waals surface area (Å²) < 4.78 is 79.8. The van der Waals surface area contributed by atoms with Crippen molar-refractivity contribution in [3.63, 3.8) is 0 Å². The zero-order valence-corrected chi connectivity index (χ0v) is 22.7. The van der Waals surface area contributed by atoms with Gasteiger partial charge in [0, 0.05) is 38.6 Å². The van der Waals surface area contributed by atoms with Gasteiger partial charge < -0.3 is 0 Å². The molecule has 0 N–H and O–H groups in total. The Kier molecular flexibility index (Phi) is 9.56. The van der Waals surface area contributed by atoms with E-state index in [0.717, 1.165) is 25.9 Å². The van der Waals surface area contributed by atoms with Crippen LogP contribution in [0.4, 0.5) is 26.3 Å². The van der Waals surface area contributed by atoms with Crippen molar-refractivity contribution >= 4 is 29.0 Å². The minimum Gasteiger partial charge on any atom is -0.298 e. The quantitative estimate of drug-likeness (QED) is 0.302. The number of aryl methyl sites for hydroxylation is 1. The fourth-order valence-electron chi connectivity index (χ4n) is 5.66. The molecule has 0 radical (unpaired) electrons. The molecule has 0 bridgehead atoms. The van der Waals surface area contributed by atoms with Crippen LogP contribution in [0.2, 0.25) is 10.0 Å². The highest BCUT2D eigenvalue weighted by Crippen LogP contribution is 2.37. The Bertz CT molecular complexity index is 1120. The number of hydrogen-bond donors (Lipinski definition) is 0. The number of hydrogen-bond acceptors (Lipinski definition) is 3. The summed E-state index contributed by atoms with van der Waals surface area (Å²) >= 11 is 12.3. The first kappa shape index (κ1) is 30.2. The van der Waals surface area contributed by atoms with Crippen LogP contribution in [0.15, 0.2) is 36.4 Å². The van der Waals surface area contributed by atoms with Crippen LogP contribution in [0.5, 0.6) is 0 Å². The Morgan fingerprint density at radius 1 is 0.821 bits per heavy atom. The lowest BCUT2D eigenvalue weighted by Crippen LogP contribution is -2.52. The number of benzene rings is 2. The lowest BCUT2D eigenvalue weighted by Gasteiger charge is -2.43. The highest BCUT2D eigenvalue weighted by Gasteiger charge is 2.37. The number of ketones is 1. The monoisotopic (exact) mass is 594 g/mol. The van der Waals surface area contributed by atoms with Crippen molar-refractivity contribution in [3.8, 4) is 0 Å². The number of alkyl halides is 6. The molecule has 2 aromatic carbocycles. The molecule has 214 valence electrons. The van der Waals surface area contributed by atoms with Crippen LogP contribution in [-0.4, -0.2) is 47.8 Å². The third kappa shape index (κ3) is 7.69. The molecule has 0 spiro atoms. The zero-order valence-electron chi connectivity index (χ0n) is 21.2. The SMILES string of the molecule is O=C(CCc1cc(C(F)(F)F)cc(C(F)(F)F)c1)C(c1ccc(Cl)c(Cl)c1)N1CCN(C2CCCCC2)CC1. The summed E-state index contributed by atoms with van der Waals surface area (Å²) in [6.07, 6.45) is -4.39. The normalized spacial score (nSPS) is 19.3. The van der Waals surface area contributed by atoms with Gasteiger partial charge >= 0.3 is 12.4 Å². The van der Waals surface area contributed by atoms with Crippen LogP contribution in [0.1, 0.15) is 66.8 Å². The summed E-state index contributed by atoms with van der Waals surface area (Å²) in [5.74, 6) is -0.300. The molecule has 11 heteroatoms. The molecule has 1 aliphatic heterocycles. The van der Waals surface area contributed by atoms with Gasteiger partial charge in [-0.25, -0.2) is 0 Å². The summed E-state index contributed by atoms with van der Waals surface area (Å²) in [5.41, 5.74) is -2.37. The molecule has 1 saturated carbocycles. The van der Waals surface area contributed by atoms with Crippen LogP contribution >= 0.6 is 23.2 Å². The Morgan fingerprint density at radius 2 is 1.41 bits per heavy atom. The Balaban J connectivity index is 1.54. The van der Waals surface area contributed by atoms with Gasteiger partial charge in [0.05, 0.1) is 27.2 Å². The molecule has 4 rings (SSSR count). The first-order valence-corrected chi connectivity index (χ1v) is 13.8. The Labute approximate surface area is 234 Å². The molecule has 39 heavy (non-hydrogen) atoms. The largest absolute Gasteiger partial charge is 0.416 e. The molecule has 1 atom stereocenters. The van der Waals surface area contributed by atoms with E-state index in [1.165, 1.54) is 19.3 Å². The summed E-state index contributed by atoms with van der Waals surface area (Å²) in [6, 6.07) is 6.13. The summed E-state index contributed by atoms with van der Waals surface area (Å²) in [5, 5.41) is 0.581. The van der Waals surface area contributed by atoms with Crippen molar-refractivity contribution < 1.29 is 31.1 Å². The summed E-state index contributed by atoms with van der Waals surface area (Å²) in [7, 11) is 0. The van der Waals surface area contributed by atoms with Crippen molar-refractivity contribution in [1.82, 2.24) is 9.80 Å². The molecule has 0 aromatic heterocycles. The van der Waals surface area contributed by atoms with Crippen molar-refractivity contribution in [2.45, 2.75) is 69.4 Å². The van der Waals surface area contributed by atoms with Crippen molar-refractivity contribution in [3.05, 3.63) is 68.7 Å². The van der Waals surface area contributed by atoms with Gasteiger partial charge in [0.25, 0.3) is 0 Å². The van der Waals surface area contributed by atoms with Gasteiger partial charge in [-0.2, -0.15) is 26.3 Å². The maximum absolute atomic E-state index is 13.6. The first-order chi connectivity index (χ1) is 18.3. The number of carbonyl (C=O) groups excluding carboxylic acids is 1. The highest BCUT2D eigenvalue weighted by molar-refractivity contribution is 6.42. The maximum atomic E-state index is 13.6. The van der Waals surface area contributed by atoms with Gasteiger partial charge in [-0.15, -0.1) is 0 Å². The van der Waals surface area contributed by atoms with E-state index >= 15 is 0 Å². The third-order valence-corrected chi connectivity index (χ3v) is 8.42. The third-order valence-electron chi connectivity index (χ3n) is 7.68. The van der Waals surface area contributed by atoms with Gasteiger partial charge in [0.15, 0.2) is 5.78 Å². The van der Waals surface area contributed by atoms with Crippen LogP contribution in [0.3, 0.4) is 0 Å². The predicted octanol–water partition coefficient (Wildman–Crippen LogP) is 8.22. The maximum Gasteiger partial charge on any atom is 0.416 e. The lowest BCUT2D eigenvalue weighted by molar-refractivity contribution is -0.143. The fraction of sp³-hybridized carbons (Fsp3) is 0.536. The van der Waals surface area contributed by atoms with Gasteiger partial charge in [-0.1, -0.05) is 48.5 Å². The van der Waals surface area contributed by atoms with E-state index in [1.807, 2.05) is 4.90 Å². The van der Waals surface area contributed by atoms with E-state index in [4.69, 9.17) is 23.2 Å². The number of nitrogens with zero attached hydrogens (tertiary/aromatic N) is 2. The molecule has 1 heterocycles. The average molecular weight is 595 g/mol. The second kappa shape index (κ2) is 12.4. The second-order valence-electron chi connectivity index (χ2n) is 10.3. The van der Waals surface area contributed by atoms with Gasteiger partial charge in [0.2, 0.25) is 0 Å². The minimum atomic E-state index is -4.94. The molecule has 2 aromatic rings. The molecular weight excluding hydrogens is 565 g/mol. The van der Waals surface area contributed by atoms with E-state index in [0.29, 0.717) is 41.9 Å². The number of carbonyl (C=O) groups is 1. The highest BCUT2D eigenvalue weighted by atomic mass is 35.5. The smallest absolute Gasteiger partial charge is 0.298 e. The van der Waals surface area contributed by atoms with Crippen molar-refractivity contribution in [2.75, 3.05) is 26.2 Å². The van der Waals surface area contributed by atoms with Crippen LogP contribution in [0.25, 0.3) is 0 Å². The van der Waals surface area contributed by atoms with Gasteiger partial charge in [-0.05, 0) is 60.7 Å². The lowest BCUT2D eigenvalue weighted by atomic mass is 9.92. The predicted molar refractivity (Wildman–Crippen MR) is 139 cm³/mol. The van der Waals surface area contributed by atoms with Crippen LogP contribution < -0.4 is 0 Å². The molecule has 1 unspecified atom stereocenters. The minimum absolute atomic E-state index is 0.0929. The van der Waals surface area contributed by atoms with Gasteiger partial charge in [0.1, 0.15) is 0 Å². The molecule has 0 amide bonds. The van der Waals surface area contributed by atoms with Crippen molar-refractivity contribution in [2.24, 2.45) is 0 Å². The summed E-state index contributed by atoms with van der Waals surface area (Å²) in [6.45, 7) is 2.76. The average Bonchev–Trinajstić information content (AvgIpc) is 2.89. The molecular formula is C28H30Cl2F6N2O. The van der Waals surface area contributed by atoms with E-state index in [9.17, 15) is 31.1 Å². The molecule has 3 nitrogen and oxygen atoms in total. The van der Waals surface area contributed by atoms with E-state index in [1.54, 1.807) is 18.2 Å². The molecule has 1 aliphatic carbocycles. The van der Waals surface area contributed by atoms with E-state index < -0.39 is 29.5 Å². The number of piperazine rings is 1. The topological polar surface area (TPSA) is 23.6 Å².